The van der Waals surface area contributed by atoms with E-state index in [-0.39, 0.29) is 12.8 Å². The van der Waals surface area contributed by atoms with Gasteiger partial charge in [0.05, 0.1) is 27.8 Å². The molecule has 0 radical (unpaired) electrons. The lowest BCUT2D eigenvalue weighted by atomic mass is 9.65. The van der Waals surface area contributed by atoms with Gasteiger partial charge in [0.1, 0.15) is 24.0 Å². The Morgan fingerprint density at radius 1 is 0.431 bits per heavy atom. The smallest absolute Gasteiger partial charge is 0.137 e. The maximum Gasteiger partial charge on any atom is 0.137 e. The summed E-state index contributed by atoms with van der Waals surface area (Å²) in [4.78, 5) is 9.71. The summed E-state index contributed by atoms with van der Waals surface area (Å²) in [5.41, 5.74) is 12.7. The highest BCUT2D eigenvalue weighted by molar-refractivity contribution is 6.09. The molecule has 5 heteroatoms. The Balaban J connectivity index is 0.827. The first-order valence-electron chi connectivity index (χ1n) is 27.0. The van der Waals surface area contributed by atoms with Gasteiger partial charge in [-0.25, -0.2) is 4.98 Å². The van der Waals surface area contributed by atoms with Crippen LogP contribution >= 0.6 is 0 Å². The van der Waals surface area contributed by atoms with Crippen LogP contribution in [0.1, 0.15) is 70.9 Å². The van der Waals surface area contributed by atoms with E-state index in [1.54, 1.807) is 12.3 Å². The summed E-state index contributed by atoms with van der Waals surface area (Å²) in [6, 6.07) is 82.1. The summed E-state index contributed by atoms with van der Waals surface area (Å²) in [6.45, 7) is 0.588. The Labute approximate surface area is 426 Å². The van der Waals surface area contributed by atoms with Gasteiger partial charge in [-0.2, -0.15) is 0 Å². The number of rotatable bonds is 9. The molecule has 2 aliphatic carbocycles. The van der Waals surface area contributed by atoms with E-state index in [9.17, 15) is 5.48 Å². The third-order valence-electron chi connectivity index (χ3n) is 15.3. The van der Waals surface area contributed by atoms with Crippen molar-refractivity contribution >= 4 is 44.6 Å². The molecule has 0 unspecified atom stereocenters. The van der Waals surface area contributed by atoms with Crippen LogP contribution in [0.5, 0.6) is 11.5 Å². The lowest BCUT2D eigenvalue weighted by Gasteiger charge is -2.38. The highest BCUT2D eigenvalue weighted by atomic mass is 16.5. The SMILES string of the molecule is [2H]C1([2H])CCCC([2H])([2H])C1(c1ccccc1)c1ccnc(-n2c3ccccc3c3ccc(Oc4cccc(N5CN(c6ccc7c(c6)C(c6ccccc6)(c6ccccc6)c6ccccc6-7)c6ccccc65)c4)cc32)c1. The normalized spacial score (nSPS) is 17.6. The lowest BCUT2D eigenvalue weighted by Crippen LogP contribution is -2.30. The number of hydrogen-bond donors (Lipinski definition) is 0. The molecule has 346 valence electrons. The largest absolute Gasteiger partial charge is 0.457 e. The van der Waals surface area contributed by atoms with E-state index in [1.807, 2.05) is 72.8 Å². The fourth-order valence-corrected chi connectivity index (χ4v) is 12.1. The van der Waals surface area contributed by atoms with E-state index < -0.39 is 23.6 Å². The van der Waals surface area contributed by atoms with Crippen molar-refractivity contribution in [2.24, 2.45) is 0 Å². The summed E-state index contributed by atoms with van der Waals surface area (Å²) < 4.78 is 47.1. The molecule has 3 aliphatic rings. The van der Waals surface area contributed by atoms with Gasteiger partial charge in [-0.3, -0.25) is 4.57 Å². The lowest BCUT2D eigenvalue weighted by molar-refractivity contribution is 0.345. The van der Waals surface area contributed by atoms with Crippen molar-refractivity contribution in [2.75, 3.05) is 16.5 Å². The molecule has 11 aromatic rings. The number of hydrogen-bond acceptors (Lipinski definition) is 4. The minimum Gasteiger partial charge on any atom is -0.457 e. The molecule has 0 N–H and O–H groups in total. The van der Waals surface area contributed by atoms with Gasteiger partial charge in [0.2, 0.25) is 0 Å². The molecule has 9 aromatic carbocycles. The Morgan fingerprint density at radius 2 is 1.04 bits per heavy atom. The van der Waals surface area contributed by atoms with Gasteiger partial charge in [0.25, 0.3) is 0 Å². The monoisotopic (exact) mass is 932 g/mol. The van der Waals surface area contributed by atoms with Crippen LogP contribution in [0, 0.1) is 0 Å². The molecule has 3 heterocycles. The third-order valence-corrected chi connectivity index (χ3v) is 15.3. The molecule has 1 aliphatic heterocycles. The number of aromatic nitrogens is 2. The number of benzene rings is 9. The van der Waals surface area contributed by atoms with Crippen molar-refractivity contribution in [3.8, 4) is 28.4 Å². The molecule has 5 nitrogen and oxygen atoms in total. The molecule has 0 bridgehead atoms. The van der Waals surface area contributed by atoms with E-state index >= 15 is 0 Å². The number of para-hydroxylation sites is 3. The standard InChI is InChI=1S/C67H52N4O/c1-5-20-47(21-6-1)66(39-17-4-18-40-66)50-38-41-68-65(42-50)71-61-31-14-12-29-57(61)58-37-35-54(45-64(58)71)72-53-27-19-26-51(43-53)69-46-70(63-33-16-15-32-62(63)69)52-34-36-56-55-28-11-13-30-59(55)67(60(56)44-52,48-22-7-2-8-23-48)49-24-9-3-10-25-49/h1-3,5-16,19-38,41-45H,4,17-18,39-40,46H2/i39D2,40D2. The van der Waals surface area contributed by atoms with Crippen molar-refractivity contribution in [1.29, 1.82) is 0 Å². The number of fused-ring (bicyclic) bond motifs is 7. The van der Waals surface area contributed by atoms with E-state index in [0.717, 1.165) is 44.6 Å². The van der Waals surface area contributed by atoms with Crippen LogP contribution in [0.3, 0.4) is 0 Å². The molecule has 0 amide bonds. The first kappa shape index (κ1) is 38.1. The average Bonchev–Trinajstić information content (AvgIpc) is 4.23. The maximum atomic E-state index is 9.55. The van der Waals surface area contributed by atoms with Gasteiger partial charge in [-0.1, -0.05) is 177 Å². The minimum absolute atomic E-state index is 0.244. The fraction of sp³-hybridized carbons (Fsp3) is 0.119. The van der Waals surface area contributed by atoms with Crippen LogP contribution in [0.25, 0.3) is 38.8 Å². The van der Waals surface area contributed by atoms with Crippen LogP contribution < -0.4 is 14.5 Å². The van der Waals surface area contributed by atoms with Crippen LogP contribution in [0.4, 0.5) is 22.7 Å². The van der Waals surface area contributed by atoms with Crippen molar-refractivity contribution in [1.82, 2.24) is 9.55 Å². The van der Waals surface area contributed by atoms with Crippen LogP contribution in [-0.4, -0.2) is 16.2 Å². The first-order valence-corrected chi connectivity index (χ1v) is 25.0. The molecule has 14 rings (SSSR count). The Morgan fingerprint density at radius 3 is 1.79 bits per heavy atom. The molecule has 2 aromatic heterocycles. The Bertz CT molecular complexity index is 3970. The topological polar surface area (TPSA) is 33.5 Å². The third kappa shape index (κ3) is 6.57. The predicted molar refractivity (Wildman–Crippen MR) is 295 cm³/mol. The summed E-state index contributed by atoms with van der Waals surface area (Å²) in [5, 5.41) is 2.05. The van der Waals surface area contributed by atoms with Crippen molar-refractivity contribution in [3.63, 3.8) is 0 Å². The van der Waals surface area contributed by atoms with Gasteiger partial charge in [-0.15, -0.1) is 0 Å². The zero-order valence-corrected chi connectivity index (χ0v) is 39.6. The molecule has 0 spiro atoms. The summed E-state index contributed by atoms with van der Waals surface area (Å²) >= 11 is 0. The van der Waals surface area contributed by atoms with Crippen molar-refractivity contribution in [2.45, 2.75) is 42.8 Å². The van der Waals surface area contributed by atoms with Crippen LogP contribution in [0.2, 0.25) is 0 Å². The summed E-state index contributed by atoms with van der Waals surface area (Å²) in [7, 11) is 0. The van der Waals surface area contributed by atoms with E-state index in [1.165, 1.54) is 33.4 Å². The molecular formula is C67H52N4O. The predicted octanol–water partition coefficient (Wildman–Crippen LogP) is 16.8. The molecule has 72 heavy (non-hydrogen) atoms. The average molecular weight is 933 g/mol. The summed E-state index contributed by atoms with van der Waals surface area (Å²) in [5.74, 6) is 1.91. The van der Waals surface area contributed by atoms with Gasteiger partial charge in [0, 0.05) is 51.4 Å². The minimum atomic E-state index is -1.88. The highest BCUT2D eigenvalue weighted by Gasteiger charge is 2.46. The second kappa shape index (κ2) is 17.0. The highest BCUT2D eigenvalue weighted by Crippen LogP contribution is 2.58. The second-order valence-corrected chi connectivity index (χ2v) is 19.1. The van der Waals surface area contributed by atoms with Gasteiger partial charge >= 0.3 is 0 Å². The number of pyridine rings is 1. The molecule has 0 saturated heterocycles. The molecule has 1 saturated carbocycles. The maximum absolute atomic E-state index is 9.55. The molecule has 1 fully saturated rings. The van der Waals surface area contributed by atoms with Crippen LogP contribution in [-0.2, 0) is 10.8 Å². The zero-order chi connectivity index (χ0) is 51.2. The zero-order valence-electron chi connectivity index (χ0n) is 43.6. The van der Waals surface area contributed by atoms with E-state index in [2.05, 4.69) is 172 Å². The van der Waals surface area contributed by atoms with Crippen molar-refractivity contribution in [3.05, 3.63) is 276 Å². The molecule has 0 atom stereocenters. The van der Waals surface area contributed by atoms with Gasteiger partial charge in [-0.05, 0) is 124 Å². The quantitative estimate of drug-likeness (QED) is 0.144. The number of anilines is 4. The van der Waals surface area contributed by atoms with Crippen molar-refractivity contribution < 1.29 is 10.2 Å². The fourth-order valence-electron chi connectivity index (χ4n) is 12.1. The second-order valence-electron chi connectivity index (χ2n) is 19.1. The van der Waals surface area contributed by atoms with Gasteiger partial charge in [0.15, 0.2) is 0 Å². The molecular weight excluding hydrogens is 877 g/mol. The number of ether oxygens (including phenoxy) is 1. The van der Waals surface area contributed by atoms with Gasteiger partial charge < -0.3 is 14.5 Å². The van der Waals surface area contributed by atoms with E-state index in [0.29, 0.717) is 41.5 Å². The summed E-state index contributed by atoms with van der Waals surface area (Å²) in [6.07, 6.45) is -1.11. The number of nitrogens with zero attached hydrogens (tertiary/aromatic N) is 4. The first-order chi connectivity index (χ1) is 37.2. The Kier molecular flexibility index (Phi) is 9.02. The van der Waals surface area contributed by atoms with E-state index in [4.69, 9.17) is 9.72 Å². The Hall–Kier alpha value is -8.67. The van der Waals surface area contributed by atoms with Crippen LogP contribution in [0.15, 0.2) is 243 Å².